The zero-order chi connectivity index (χ0) is 33.4. The van der Waals surface area contributed by atoms with Crippen LogP contribution in [0.2, 0.25) is 0 Å². The van der Waals surface area contributed by atoms with Gasteiger partial charge in [-0.1, -0.05) is 82.3 Å². The van der Waals surface area contributed by atoms with Crippen molar-refractivity contribution in [2.75, 3.05) is 4.90 Å². The summed E-state index contributed by atoms with van der Waals surface area (Å²) < 4.78 is 2.72. The van der Waals surface area contributed by atoms with Crippen LogP contribution in [0.1, 0.15) is 88.5 Å². The lowest BCUT2D eigenvalue weighted by molar-refractivity contribution is -0.231. The van der Waals surface area contributed by atoms with Crippen molar-refractivity contribution in [2.24, 2.45) is 29.1 Å². The maximum Gasteiger partial charge on any atom is 0.0468 e. The Labute approximate surface area is 300 Å². The van der Waals surface area contributed by atoms with Crippen molar-refractivity contribution in [3.63, 3.8) is 0 Å². The molecule has 5 aromatic carbocycles. The first-order valence-corrected chi connectivity index (χ1v) is 20.1. The second-order valence-electron chi connectivity index (χ2n) is 18.4. The number of rotatable bonds is 3. The predicted molar refractivity (Wildman–Crippen MR) is 210 cm³/mol. The van der Waals surface area contributed by atoms with E-state index < -0.39 is 0 Å². The summed E-state index contributed by atoms with van der Waals surface area (Å²) in [5.41, 5.74) is 14.3. The first kappa shape index (κ1) is 28.8. The molecule has 0 aliphatic heterocycles. The number of anilines is 3. The summed E-state index contributed by atoms with van der Waals surface area (Å²) in [6.45, 7) is 9.78. The molecule has 12 rings (SSSR count). The number of hydrogen-bond donors (Lipinski definition) is 0. The predicted octanol–water partition coefficient (Wildman–Crippen LogP) is 13.2. The van der Waals surface area contributed by atoms with Gasteiger partial charge in [0, 0.05) is 42.6 Å². The van der Waals surface area contributed by atoms with E-state index in [1.165, 1.54) is 98.0 Å². The molecule has 0 N–H and O–H groups in total. The molecule has 0 radical (unpaired) electrons. The van der Waals surface area contributed by atoms with Crippen molar-refractivity contribution in [2.45, 2.75) is 82.5 Å². The van der Waals surface area contributed by atoms with E-state index in [9.17, 15) is 0 Å². The molecule has 6 atom stereocenters. The summed E-state index contributed by atoms with van der Waals surface area (Å²) in [6.07, 6.45) is 8.38. The van der Waals surface area contributed by atoms with Crippen molar-refractivity contribution in [1.29, 1.82) is 0 Å². The van der Waals surface area contributed by atoms with Gasteiger partial charge in [-0.3, -0.25) is 0 Å². The second-order valence-corrected chi connectivity index (χ2v) is 19.5. The zero-order valence-corrected chi connectivity index (χ0v) is 30.5. The summed E-state index contributed by atoms with van der Waals surface area (Å²) in [6, 6.07) is 40.8. The van der Waals surface area contributed by atoms with Crippen molar-refractivity contribution >= 4 is 48.6 Å². The Morgan fingerprint density at radius 1 is 0.560 bits per heavy atom. The van der Waals surface area contributed by atoms with Crippen molar-refractivity contribution in [3.8, 4) is 11.1 Å². The smallest absolute Gasteiger partial charge is 0.0468 e. The van der Waals surface area contributed by atoms with Crippen LogP contribution in [0, 0.1) is 29.1 Å². The number of fused-ring (bicyclic) bond motifs is 12. The van der Waals surface area contributed by atoms with Gasteiger partial charge in [-0.25, -0.2) is 0 Å². The fraction of sp³-hybridized carbons (Fsp3) is 0.375. The lowest BCUT2D eigenvalue weighted by atomic mass is 9.27. The summed E-state index contributed by atoms with van der Waals surface area (Å²) in [5.74, 6) is 3.65. The molecule has 248 valence electrons. The molecular weight excluding hydrogens is 623 g/mol. The van der Waals surface area contributed by atoms with E-state index in [-0.39, 0.29) is 16.2 Å². The molecule has 6 unspecified atom stereocenters. The van der Waals surface area contributed by atoms with Crippen LogP contribution in [-0.4, -0.2) is 0 Å². The molecule has 0 saturated heterocycles. The van der Waals surface area contributed by atoms with Crippen LogP contribution < -0.4 is 4.90 Å². The molecule has 2 spiro atoms. The van der Waals surface area contributed by atoms with Crippen LogP contribution in [0.3, 0.4) is 0 Å². The molecule has 6 aromatic rings. The van der Waals surface area contributed by atoms with E-state index in [1.54, 1.807) is 11.1 Å². The topological polar surface area (TPSA) is 3.24 Å². The van der Waals surface area contributed by atoms with E-state index >= 15 is 0 Å². The lowest BCUT2D eigenvalue weighted by Gasteiger charge is -2.76. The third-order valence-electron chi connectivity index (χ3n) is 15.6. The number of hydrogen-bond acceptors (Lipinski definition) is 2. The second kappa shape index (κ2) is 9.12. The first-order valence-electron chi connectivity index (χ1n) is 19.3. The van der Waals surface area contributed by atoms with Gasteiger partial charge in [-0.05, 0) is 160 Å². The summed E-state index contributed by atoms with van der Waals surface area (Å²) in [7, 11) is 0. The molecule has 4 fully saturated rings. The molecule has 6 aliphatic carbocycles. The van der Waals surface area contributed by atoms with Gasteiger partial charge in [0.1, 0.15) is 0 Å². The van der Waals surface area contributed by atoms with Crippen molar-refractivity contribution in [3.05, 3.63) is 125 Å². The van der Waals surface area contributed by atoms with E-state index in [4.69, 9.17) is 0 Å². The van der Waals surface area contributed by atoms with Crippen LogP contribution in [-0.2, 0) is 16.2 Å². The monoisotopic (exact) mass is 667 g/mol. The molecule has 1 heterocycles. The molecule has 1 nitrogen and oxygen atoms in total. The SMILES string of the molecule is CC1(C)CCC(C)(C)c2cc(N(c3ccc4c(c3)-c3ccccc3C43C4CC5CC6CC3C64C5)c3ccc4sc5ccccc5c4c3)ccc21. The summed E-state index contributed by atoms with van der Waals surface area (Å²) in [5, 5.41) is 2.71. The molecule has 1 aromatic heterocycles. The molecular formula is C48H45NS. The molecule has 2 heteroatoms. The molecule has 0 amide bonds. The van der Waals surface area contributed by atoms with E-state index in [2.05, 4.69) is 136 Å². The van der Waals surface area contributed by atoms with Crippen molar-refractivity contribution < 1.29 is 0 Å². The Kier molecular flexibility index (Phi) is 5.25. The van der Waals surface area contributed by atoms with E-state index in [1.807, 2.05) is 11.3 Å². The van der Waals surface area contributed by atoms with Crippen LogP contribution in [0.25, 0.3) is 31.3 Å². The Morgan fingerprint density at radius 2 is 1.22 bits per heavy atom. The Bertz CT molecular complexity index is 2460. The van der Waals surface area contributed by atoms with Gasteiger partial charge in [-0.15, -0.1) is 11.3 Å². The van der Waals surface area contributed by atoms with Crippen LogP contribution in [0.5, 0.6) is 0 Å². The highest BCUT2D eigenvalue weighted by atomic mass is 32.1. The highest BCUT2D eigenvalue weighted by molar-refractivity contribution is 7.25. The van der Waals surface area contributed by atoms with Gasteiger partial charge in [-0.2, -0.15) is 0 Å². The minimum atomic E-state index is 0.144. The average Bonchev–Trinajstić information content (AvgIpc) is 3.85. The molecule has 6 aliphatic rings. The van der Waals surface area contributed by atoms with Gasteiger partial charge in [0.25, 0.3) is 0 Å². The van der Waals surface area contributed by atoms with Gasteiger partial charge >= 0.3 is 0 Å². The van der Waals surface area contributed by atoms with Gasteiger partial charge in [0.15, 0.2) is 0 Å². The number of benzene rings is 5. The van der Waals surface area contributed by atoms with E-state index in [0.29, 0.717) is 5.41 Å². The quantitative estimate of drug-likeness (QED) is 0.182. The highest BCUT2D eigenvalue weighted by Gasteiger charge is 2.84. The maximum absolute atomic E-state index is 2.59. The first-order chi connectivity index (χ1) is 24.2. The van der Waals surface area contributed by atoms with Crippen LogP contribution in [0.4, 0.5) is 17.1 Å². The maximum atomic E-state index is 2.59. The van der Waals surface area contributed by atoms with E-state index in [0.717, 1.165) is 23.7 Å². The average molecular weight is 668 g/mol. The molecule has 50 heavy (non-hydrogen) atoms. The van der Waals surface area contributed by atoms with Gasteiger partial charge in [0.2, 0.25) is 0 Å². The minimum absolute atomic E-state index is 0.144. The van der Waals surface area contributed by atoms with Crippen molar-refractivity contribution in [1.82, 2.24) is 0 Å². The minimum Gasteiger partial charge on any atom is -0.310 e. The Hall–Kier alpha value is -3.88. The van der Waals surface area contributed by atoms with Gasteiger partial charge in [0.05, 0.1) is 0 Å². The zero-order valence-electron chi connectivity index (χ0n) is 29.7. The standard InChI is InChI=1S/C48H45NS/c1-45(2)19-20-46(3,4)40-26-32(14-17-39(40)45)49(31-15-18-42-36(25-31)34-10-6-8-12-41(34)50-42)30-13-16-38-35(24-30)33-9-5-7-11-37(33)48(38)43-22-28-21-29-23-44(48)47(29,43)27-28/h5-18,24-26,28-29,43-44H,19-23,27H2,1-4H3. The summed E-state index contributed by atoms with van der Waals surface area (Å²) in [4.78, 5) is 2.58. The third kappa shape index (κ3) is 3.24. The van der Waals surface area contributed by atoms with Crippen LogP contribution in [0.15, 0.2) is 103 Å². The Morgan fingerprint density at radius 3 is 2.08 bits per heavy atom. The number of thiophene rings is 1. The lowest BCUT2D eigenvalue weighted by Crippen LogP contribution is -2.73. The molecule has 4 saturated carbocycles. The normalized spacial score (nSPS) is 31.2. The summed E-state index contributed by atoms with van der Waals surface area (Å²) >= 11 is 1.91. The van der Waals surface area contributed by atoms with Gasteiger partial charge < -0.3 is 4.90 Å². The largest absolute Gasteiger partial charge is 0.310 e. The fourth-order valence-corrected chi connectivity index (χ4v) is 14.6. The fourth-order valence-electron chi connectivity index (χ4n) is 13.5. The highest BCUT2D eigenvalue weighted by Crippen LogP contribution is 2.89. The number of nitrogens with zero attached hydrogens (tertiary/aromatic N) is 1. The van der Waals surface area contributed by atoms with Crippen LogP contribution >= 0.6 is 11.3 Å². The Balaban J connectivity index is 1.07. The third-order valence-corrected chi connectivity index (χ3v) is 16.7. The molecule has 2 bridgehead atoms.